The van der Waals surface area contributed by atoms with E-state index in [2.05, 4.69) is 6.92 Å². The minimum atomic E-state index is 0.937. The van der Waals surface area contributed by atoms with Crippen molar-refractivity contribution < 1.29 is 4.74 Å². The Kier molecular flexibility index (Phi) is 6.75. The Morgan fingerprint density at radius 3 is 2.71 bits per heavy atom. The topological polar surface area (TPSA) is 9.23 Å². The van der Waals surface area contributed by atoms with Gasteiger partial charge < -0.3 is 4.74 Å². The molecule has 1 atom stereocenters. The van der Waals surface area contributed by atoms with Gasteiger partial charge >= 0.3 is 0 Å². The second-order valence-electron chi connectivity index (χ2n) is 1.35. The van der Waals surface area contributed by atoms with Gasteiger partial charge in [0.1, 0.15) is 0 Å². The molecular weight excluding hydrogens is 107 g/mol. The third-order valence-electron chi connectivity index (χ3n) is 0.733. The maximum absolute atomic E-state index is 4.85. The molecule has 0 N–H and O–H groups in total. The molecule has 0 saturated heterocycles. The Labute approximate surface area is 47.2 Å². The molecule has 0 saturated carbocycles. The second kappa shape index (κ2) is 6.39. The number of rotatable bonds is 4. The van der Waals surface area contributed by atoms with E-state index < -0.39 is 0 Å². The predicted octanol–water partition coefficient (Wildman–Crippen LogP) is 1.33. The van der Waals surface area contributed by atoms with Crippen molar-refractivity contribution in [2.45, 2.75) is 6.92 Å². The molecule has 0 aromatic carbocycles. The fourth-order valence-corrected chi connectivity index (χ4v) is 1.05. The van der Waals surface area contributed by atoms with E-state index in [9.17, 15) is 0 Å². The van der Waals surface area contributed by atoms with Crippen LogP contribution in [0.25, 0.3) is 0 Å². The summed E-state index contributed by atoms with van der Waals surface area (Å²) < 4.78 is 4.85. The van der Waals surface area contributed by atoms with Crippen molar-refractivity contribution in [2.75, 3.05) is 26.0 Å². The zero-order valence-electron chi connectivity index (χ0n) is 5.03. The minimum Gasteiger partial charge on any atom is -0.384 e. The molecule has 0 amide bonds. The van der Waals surface area contributed by atoms with Crippen LogP contribution in [0.1, 0.15) is 6.92 Å². The van der Waals surface area contributed by atoms with Crippen molar-refractivity contribution in [2.24, 2.45) is 0 Å². The lowest BCUT2D eigenvalue weighted by atomic mass is 10.9. The van der Waals surface area contributed by atoms with Gasteiger partial charge in [-0.1, -0.05) is 6.92 Å². The summed E-state index contributed by atoms with van der Waals surface area (Å²) in [7, 11) is 2.85. The first-order valence-electron chi connectivity index (χ1n) is 2.61. The third-order valence-corrected chi connectivity index (χ3v) is 1.79. The average Bonchev–Trinajstić information content (AvgIpc) is 1.69. The lowest BCUT2D eigenvalue weighted by molar-refractivity contribution is 0.218. The molecule has 0 aliphatic carbocycles. The molecule has 0 bridgehead atoms. The van der Waals surface area contributed by atoms with E-state index in [-0.39, 0.29) is 0 Å². The summed E-state index contributed by atoms with van der Waals surface area (Å²) in [6, 6.07) is 0. The quantitative estimate of drug-likeness (QED) is 0.401. The Balaban J connectivity index is 2.45. The molecule has 0 aliphatic rings. The second-order valence-corrected chi connectivity index (χ2v) is 3.05. The highest BCUT2D eigenvalue weighted by atomic mass is 31.1. The van der Waals surface area contributed by atoms with E-state index in [1.807, 2.05) is 0 Å². The first-order chi connectivity index (χ1) is 3.41. The van der Waals surface area contributed by atoms with Crippen molar-refractivity contribution in [3.63, 3.8) is 0 Å². The molecule has 0 fully saturated rings. The number of hydrogen-bond donors (Lipinski definition) is 0. The number of ether oxygens (including phenoxy) is 1. The molecule has 2 heteroatoms. The van der Waals surface area contributed by atoms with E-state index in [0.717, 1.165) is 15.2 Å². The summed E-state index contributed by atoms with van der Waals surface area (Å²) >= 11 is 0. The summed E-state index contributed by atoms with van der Waals surface area (Å²) in [6.07, 6.45) is 2.55. The Morgan fingerprint density at radius 2 is 2.29 bits per heavy atom. The van der Waals surface area contributed by atoms with Gasteiger partial charge in [0.05, 0.1) is 0 Å². The third kappa shape index (κ3) is 6.39. The number of methoxy groups -OCH3 is 1. The van der Waals surface area contributed by atoms with Crippen molar-refractivity contribution >= 4 is 8.58 Å². The molecule has 0 radical (unpaired) electrons. The first-order valence-corrected chi connectivity index (χ1v) is 4.03. The largest absolute Gasteiger partial charge is 0.384 e. The highest BCUT2D eigenvalue weighted by Gasteiger charge is 1.79. The molecular formula is C5H13OP. The van der Waals surface area contributed by atoms with Crippen molar-refractivity contribution in [3.05, 3.63) is 0 Å². The van der Waals surface area contributed by atoms with Crippen LogP contribution in [0, 0.1) is 0 Å². The summed E-state index contributed by atoms with van der Waals surface area (Å²) in [4.78, 5) is 0. The van der Waals surface area contributed by atoms with Gasteiger partial charge in [0.25, 0.3) is 0 Å². The van der Waals surface area contributed by atoms with Crippen LogP contribution < -0.4 is 0 Å². The van der Waals surface area contributed by atoms with Crippen LogP contribution in [0.3, 0.4) is 0 Å². The molecule has 0 heterocycles. The van der Waals surface area contributed by atoms with Gasteiger partial charge in [0, 0.05) is 13.7 Å². The summed E-state index contributed by atoms with van der Waals surface area (Å²) in [5.74, 6) is 0. The van der Waals surface area contributed by atoms with E-state index >= 15 is 0 Å². The highest BCUT2D eigenvalue weighted by Crippen LogP contribution is 2.05. The zero-order chi connectivity index (χ0) is 5.54. The lowest BCUT2D eigenvalue weighted by Crippen LogP contribution is -1.88. The zero-order valence-corrected chi connectivity index (χ0v) is 6.03. The van der Waals surface area contributed by atoms with E-state index in [0.29, 0.717) is 0 Å². The van der Waals surface area contributed by atoms with Crippen LogP contribution in [-0.4, -0.2) is 26.0 Å². The van der Waals surface area contributed by atoms with E-state index in [1.54, 1.807) is 7.11 Å². The van der Waals surface area contributed by atoms with Gasteiger partial charge in [-0.3, -0.25) is 0 Å². The van der Waals surface area contributed by atoms with Gasteiger partial charge in [0.15, 0.2) is 0 Å². The van der Waals surface area contributed by atoms with E-state index in [4.69, 9.17) is 4.74 Å². The molecule has 1 nitrogen and oxygen atoms in total. The molecule has 1 unspecified atom stereocenters. The molecule has 0 aromatic heterocycles. The Hall–Kier alpha value is 0.390. The Morgan fingerprint density at radius 1 is 1.57 bits per heavy atom. The summed E-state index contributed by atoms with van der Waals surface area (Å²) in [5.41, 5.74) is 0. The summed E-state index contributed by atoms with van der Waals surface area (Å²) in [6.45, 7) is 3.14. The Bertz CT molecular complexity index is 27.3. The van der Waals surface area contributed by atoms with Crippen LogP contribution in [0.2, 0.25) is 0 Å². The molecule has 44 valence electrons. The summed E-state index contributed by atoms with van der Waals surface area (Å²) in [5, 5.41) is 0. The van der Waals surface area contributed by atoms with Gasteiger partial charge in [-0.2, -0.15) is 0 Å². The van der Waals surface area contributed by atoms with Crippen LogP contribution in [0.15, 0.2) is 0 Å². The number of hydrogen-bond acceptors (Lipinski definition) is 1. The van der Waals surface area contributed by atoms with Crippen LogP contribution in [-0.2, 0) is 4.74 Å². The van der Waals surface area contributed by atoms with Gasteiger partial charge in [-0.05, 0) is 12.3 Å². The molecule has 0 spiro atoms. The molecule has 7 heavy (non-hydrogen) atoms. The molecule has 0 aromatic rings. The lowest BCUT2D eigenvalue weighted by Gasteiger charge is -1.93. The first kappa shape index (κ1) is 7.39. The standard InChI is InChI=1S/C5H13OP/c1-3-7-5-4-6-2/h7H,3-5H2,1-2H3. The normalized spacial score (nSPS) is 11.1. The fraction of sp³-hybridized carbons (Fsp3) is 1.00. The molecule has 0 rings (SSSR count). The van der Waals surface area contributed by atoms with Crippen molar-refractivity contribution in [1.82, 2.24) is 0 Å². The van der Waals surface area contributed by atoms with Gasteiger partial charge in [-0.25, -0.2) is 0 Å². The van der Waals surface area contributed by atoms with Crippen LogP contribution in [0.5, 0.6) is 0 Å². The SMILES string of the molecule is CCPCCOC. The van der Waals surface area contributed by atoms with Gasteiger partial charge in [-0.15, -0.1) is 8.58 Å². The van der Waals surface area contributed by atoms with Crippen LogP contribution in [0.4, 0.5) is 0 Å². The fourth-order valence-electron chi connectivity index (χ4n) is 0.351. The maximum Gasteiger partial charge on any atom is 0.0499 e. The average molecular weight is 120 g/mol. The predicted molar refractivity (Wildman–Crippen MR) is 35.6 cm³/mol. The van der Waals surface area contributed by atoms with Gasteiger partial charge in [0.2, 0.25) is 0 Å². The van der Waals surface area contributed by atoms with Crippen molar-refractivity contribution in [1.29, 1.82) is 0 Å². The van der Waals surface area contributed by atoms with Crippen molar-refractivity contribution in [3.8, 4) is 0 Å². The maximum atomic E-state index is 4.85. The monoisotopic (exact) mass is 120 g/mol. The molecule has 0 aliphatic heterocycles. The van der Waals surface area contributed by atoms with E-state index in [1.165, 1.54) is 12.3 Å². The minimum absolute atomic E-state index is 0.937. The smallest absolute Gasteiger partial charge is 0.0499 e. The van der Waals surface area contributed by atoms with Crippen LogP contribution >= 0.6 is 8.58 Å². The highest BCUT2D eigenvalue weighted by molar-refractivity contribution is 7.37.